The van der Waals surface area contributed by atoms with Crippen LogP contribution in [-0.2, 0) is 14.1 Å². The van der Waals surface area contributed by atoms with Crippen molar-refractivity contribution < 1.29 is 0 Å². The Morgan fingerprint density at radius 3 is 2.69 bits per heavy atom. The van der Waals surface area contributed by atoms with Crippen LogP contribution in [0.4, 0.5) is 0 Å². The van der Waals surface area contributed by atoms with Crippen LogP contribution in [0.1, 0.15) is 24.6 Å². The molecule has 5 heteroatoms. The van der Waals surface area contributed by atoms with Crippen molar-refractivity contribution >= 4 is 15.9 Å². The first kappa shape index (κ1) is 10.1. The SMILES string of the molecule is Cn1cc(-c2c(Br)nc(C3CC3)n2C)cn1. The highest BCUT2D eigenvalue weighted by molar-refractivity contribution is 9.10. The Kier molecular flexibility index (Phi) is 2.17. The molecule has 1 aliphatic rings. The van der Waals surface area contributed by atoms with E-state index in [1.165, 1.54) is 18.7 Å². The molecule has 0 unspecified atom stereocenters. The molecule has 1 aliphatic carbocycles. The number of aryl methyl sites for hydroxylation is 1. The molecule has 0 saturated heterocycles. The smallest absolute Gasteiger partial charge is 0.132 e. The molecular formula is C11H13BrN4. The van der Waals surface area contributed by atoms with Gasteiger partial charge in [0.15, 0.2) is 0 Å². The van der Waals surface area contributed by atoms with E-state index in [1.807, 2.05) is 24.1 Å². The zero-order chi connectivity index (χ0) is 11.3. The second-order valence-electron chi connectivity index (χ2n) is 4.35. The van der Waals surface area contributed by atoms with Gasteiger partial charge >= 0.3 is 0 Å². The van der Waals surface area contributed by atoms with Gasteiger partial charge in [0.1, 0.15) is 10.4 Å². The number of nitrogens with zero attached hydrogens (tertiary/aromatic N) is 4. The van der Waals surface area contributed by atoms with Gasteiger partial charge < -0.3 is 4.57 Å². The Balaban J connectivity index is 2.12. The summed E-state index contributed by atoms with van der Waals surface area (Å²) in [5.41, 5.74) is 2.23. The van der Waals surface area contributed by atoms with Crippen molar-refractivity contribution in [2.24, 2.45) is 14.1 Å². The van der Waals surface area contributed by atoms with Crippen LogP contribution in [0.3, 0.4) is 0 Å². The van der Waals surface area contributed by atoms with Crippen LogP contribution in [0.15, 0.2) is 17.0 Å². The lowest BCUT2D eigenvalue weighted by atomic mass is 10.3. The van der Waals surface area contributed by atoms with E-state index in [0.29, 0.717) is 5.92 Å². The zero-order valence-electron chi connectivity index (χ0n) is 9.31. The summed E-state index contributed by atoms with van der Waals surface area (Å²) in [6.45, 7) is 0. The molecule has 1 fully saturated rings. The first-order valence-electron chi connectivity index (χ1n) is 5.38. The molecule has 0 aliphatic heterocycles. The summed E-state index contributed by atoms with van der Waals surface area (Å²) in [5.74, 6) is 1.84. The third-order valence-electron chi connectivity index (χ3n) is 3.01. The molecule has 0 bridgehead atoms. The summed E-state index contributed by atoms with van der Waals surface area (Å²) in [6, 6.07) is 0. The van der Waals surface area contributed by atoms with Gasteiger partial charge in [0.2, 0.25) is 0 Å². The minimum Gasteiger partial charge on any atom is -0.330 e. The van der Waals surface area contributed by atoms with Crippen molar-refractivity contribution in [1.29, 1.82) is 0 Å². The Hall–Kier alpha value is -1.10. The van der Waals surface area contributed by atoms with Crippen molar-refractivity contribution in [1.82, 2.24) is 19.3 Å². The minimum atomic E-state index is 0.659. The number of hydrogen-bond donors (Lipinski definition) is 0. The van der Waals surface area contributed by atoms with E-state index in [4.69, 9.17) is 0 Å². The fourth-order valence-electron chi connectivity index (χ4n) is 2.04. The van der Waals surface area contributed by atoms with Crippen LogP contribution >= 0.6 is 15.9 Å². The van der Waals surface area contributed by atoms with Crippen molar-refractivity contribution in [2.75, 3.05) is 0 Å². The van der Waals surface area contributed by atoms with Gasteiger partial charge in [-0.2, -0.15) is 5.10 Å². The van der Waals surface area contributed by atoms with Gasteiger partial charge in [-0.15, -0.1) is 0 Å². The van der Waals surface area contributed by atoms with E-state index in [2.05, 4.69) is 37.6 Å². The summed E-state index contributed by atoms with van der Waals surface area (Å²) < 4.78 is 4.91. The highest BCUT2D eigenvalue weighted by atomic mass is 79.9. The average Bonchev–Trinajstić information content (AvgIpc) is 2.93. The molecule has 4 nitrogen and oxygen atoms in total. The van der Waals surface area contributed by atoms with Gasteiger partial charge in [0.05, 0.1) is 11.9 Å². The number of hydrogen-bond acceptors (Lipinski definition) is 2. The Bertz CT molecular complexity index is 536. The van der Waals surface area contributed by atoms with Gasteiger partial charge in [0.25, 0.3) is 0 Å². The summed E-state index contributed by atoms with van der Waals surface area (Å²) in [5, 5.41) is 4.20. The predicted molar refractivity (Wildman–Crippen MR) is 65.1 cm³/mol. The predicted octanol–water partition coefficient (Wildman–Crippen LogP) is 2.46. The Labute approximate surface area is 102 Å². The molecule has 0 atom stereocenters. The van der Waals surface area contributed by atoms with Crippen LogP contribution in [0, 0.1) is 0 Å². The van der Waals surface area contributed by atoms with Crippen molar-refractivity contribution in [3.8, 4) is 11.3 Å². The Morgan fingerprint density at radius 1 is 1.38 bits per heavy atom. The molecule has 0 radical (unpaired) electrons. The normalized spacial score (nSPS) is 15.7. The topological polar surface area (TPSA) is 35.6 Å². The maximum absolute atomic E-state index is 4.60. The van der Waals surface area contributed by atoms with Gasteiger partial charge in [-0.3, -0.25) is 4.68 Å². The molecule has 2 heterocycles. The fraction of sp³-hybridized carbons (Fsp3) is 0.455. The maximum atomic E-state index is 4.60. The molecular weight excluding hydrogens is 268 g/mol. The van der Waals surface area contributed by atoms with Crippen molar-refractivity contribution in [3.05, 3.63) is 22.8 Å². The monoisotopic (exact) mass is 280 g/mol. The molecule has 2 aromatic heterocycles. The number of halogens is 1. The van der Waals surface area contributed by atoms with Gasteiger partial charge in [-0.1, -0.05) is 0 Å². The number of imidazole rings is 1. The summed E-state index contributed by atoms with van der Waals surface area (Å²) in [6.07, 6.45) is 6.42. The first-order valence-corrected chi connectivity index (χ1v) is 6.17. The molecule has 0 amide bonds. The zero-order valence-corrected chi connectivity index (χ0v) is 10.9. The number of aromatic nitrogens is 4. The maximum Gasteiger partial charge on any atom is 0.132 e. The third-order valence-corrected chi connectivity index (χ3v) is 3.56. The van der Waals surface area contributed by atoms with Gasteiger partial charge in [-0.05, 0) is 28.8 Å². The molecule has 84 valence electrons. The molecule has 0 aromatic carbocycles. The van der Waals surface area contributed by atoms with E-state index in [0.717, 1.165) is 15.9 Å². The standard InChI is InChI=1S/C11H13BrN4/c1-15-6-8(5-13-15)9-10(12)14-11(16(9)2)7-3-4-7/h5-7H,3-4H2,1-2H3. The Morgan fingerprint density at radius 2 is 2.12 bits per heavy atom. The molecule has 16 heavy (non-hydrogen) atoms. The summed E-state index contributed by atoms with van der Waals surface area (Å²) in [7, 11) is 4.00. The van der Waals surface area contributed by atoms with Crippen LogP contribution in [0.25, 0.3) is 11.3 Å². The van der Waals surface area contributed by atoms with Crippen LogP contribution in [-0.4, -0.2) is 19.3 Å². The molecule has 0 spiro atoms. The van der Waals surface area contributed by atoms with Crippen LogP contribution < -0.4 is 0 Å². The summed E-state index contributed by atoms with van der Waals surface area (Å²) in [4.78, 5) is 4.60. The average molecular weight is 281 g/mol. The fourth-order valence-corrected chi connectivity index (χ4v) is 2.72. The largest absolute Gasteiger partial charge is 0.330 e. The molecule has 3 rings (SSSR count). The third kappa shape index (κ3) is 1.50. The lowest BCUT2D eigenvalue weighted by Gasteiger charge is -2.02. The highest BCUT2D eigenvalue weighted by Crippen LogP contribution is 2.42. The van der Waals surface area contributed by atoms with Crippen LogP contribution in [0.2, 0.25) is 0 Å². The quantitative estimate of drug-likeness (QED) is 0.847. The molecule has 1 saturated carbocycles. The second-order valence-corrected chi connectivity index (χ2v) is 5.10. The first-order chi connectivity index (χ1) is 7.66. The van der Waals surface area contributed by atoms with E-state index >= 15 is 0 Å². The van der Waals surface area contributed by atoms with Crippen molar-refractivity contribution in [2.45, 2.75) is 18.8 Å². The minimum absolute atomic E-state index is 0.659. The second kappa shape index (κ2) is 3.45. The van der Waals surface area contributed by atoms with E-state index in [1.54, 1.807) is 0 Å². The van der Waals surface area contributed by atoms with E-state index < -0.39 is 0 Å². The summed E-state index contributed by atoms with van der Waals surface area (Å²) >= 11 is 3.54. The van der Waals surface area contributed by atoms with Gasteiger partial charge in [0, 0.05) is 31.8 Å². The van der Waals surface area contributed by atoms with Crippen molar-refractivity contribution in [3.63, 3.8) is 0 Å². The van der Waals surface area contributed by atoms with Crippen LogP contribution in [0.5, 0.6) is 0 Å². The number of rotatable bonds is 2. The molecule has 0 N–H and O–H groups in total. The van der Waals surface area contributed by atoms with E-state index in [9.17, 15) is 0 Å². The lowest BCUT2D eigenvalue weighted by Crippen LogP contribution is -1.97. The van der Waals surface area contributed by atoms with E-state index in [-0.39, 0.29) is 0 Å². The highest BCUT2D eigenvalue weighted by Gasteiger charge is 2.30. The van der Waals surface area contributed by atoms with Gasteiger partial charge in [-0.25, -0.2) is 4.98 Å². The lowest BCUT2D eigenvalue weighted by molar-refractivity contribution is 0.767. The molecule has 2 aromatic rings.